The number of nitrogens with two attached hydrogens (primary N) is 1. The van der Waals surface area contributed by atoms with Gasteiger partial charge in [0.2, 0.25) is 0 Å². The second-order valence-electron chi connectivity index (χ2n) is 5.62. The Bertz CT molecular complexity index is 586. The van der Waals surface area contributed by atoms with Crippen LogP contribution < -0.4 is 16.6 Å². The third-order valence-electron chi connectivity index (χ3n) is 4.09. The summed E-state index contributed by atoms with van der Waals surface area (Å²) in [6.07, 6.45) is 10.9. The van der Waals surface area contributed by atoms with Gasteiger partial charge >= 0.3 is 0 Å². The first kappa shape index (κ1) is 11.0. The van der Waals surface area contributed by atoms with Crippen molar-refractivity contribution in [2.75, 3.05) is 10.7 Å². The zero-order chi connectivity index (χ0) is 12.8. The fraction of sp³-hybridized carbons (Fsp3) is 0.538. The monoisotopic (exact) mass is 258 g/mol. The highest BCUT2D eigenvalue weighted by Crippen LogP contribution is 2.45. The third kappa shape index (κ3) is 2.02. The van der Waals surface area contributed by atoms with Crippen molar-refractivity contribution in [3.05, 3.63) is 18.6 Å². The summed E-state index contributed by atoms with van der Waals surface area (Å²) in [5.41, 5.74) is 3.48. The molecule has 0 amide bonds. The molecule has 0 unspecified atom stereocenters. The Labute approximate surface area is 111 Å². The highest BCUT2D eigenvalue weighted by Gasteiger charge is 2.41. The van der Waals surface area contributed by atoms with Crippen LogP contribution in [0.4, 0.5) is 11.6 Å². The summed E-state index contributed by atoms with van der Waals surface area (Å²) in [5, 5.41) is 3.62. The summed E-state index contributed by atoms with van der Waals surface area (Å²) < 4.78 is 1.95. The summed E-state index contributed by atoms with van der Waals surface area (Å²) in [7, 11) is 0. The predicted octanol–water partition coefficient (Wildman–Crippen LogP) is 1.62. The van der Waals surface area contributed by atoms with Gasteiger partial charge in [-0.2, -0.15) is 0 Å². The molecular formula is C13H18N6. The van der Waals surface area contributed by atoms with Gasteiger partial charge in [-0.25, -0.2) is 15.8 Å². The van der Waals surface area contributed by atoms with E-state index in [1.54, 1.807) is 6.20 Å². The normalized spacial score (nSPS) is 19.1. The molecule has 0 spiro atoms. The van der Waals surface area contributed by atoms with Crippen molar-refractivity contribution in [3.8, 4) is 0 Å². The van der Waals surface area contributed by atoms with Gasteiger partial charge in [0, 0.05) is 18.4 Å². The Morgan fingerprint density at radius 2 is 2.00 bits per heavy atom. The lowest BCUT2D eigenvalue weighted by molar-refractivity contribution is 0.566. The van der Waals surface area contributed by atoms with E-state index in [0.717, 1.165) is 23.3 Å². The molecule has 0 aromatic carbocycles. The molecule has 0 aliphatic heterocycles. The van der Waals surface area contributed by atoms with E-state index < -0.39 is 0 Å². The quantitative estimate of drug-likeness (QED) is 0.561. The van der Waals surface area contributed by atoms with Crippen LogP contribution in [0.2, 0.25) is 0 Å². The third-order valence-corrected chi connectivity index (χ3v) is 4.09. The Morgan fingerprint density at radius 1 is 1.26 bits per heavy atom. The van der Waals surface area contributed by atoms with Crippen molar-refractivity contribution in [2.24, 2.45) is 17.7 Å². The van der Waals surface area contributed by atoms with E-state index in [-0.39, 0.29) is 0 Å². The van der Waals surface area contributed by atoms with Crippen LogP contribution in [-0.4, -0.2) is 20.4 Å². The van der Waals surface area contributed by atoms with Crippen LogP contribution in [0.5, 0.6) is 0 Å². The van der Waals surface area contributed by atoms with E-state index >= 15 is 0 Å². The molecule has 19 heavy (non-hydrogen) atoms. The first-order valence-electron chi connectivity index (χ1n) is 6.92. The molecule has 0 bridgehead atoms. The van der Waals surface area contributed by atoms with Crippen LogP contribution >= 0.6 is 0 Å². The van der Waals surface area contributed by atoms with Crippen LogP contribution in [0.3, 0.4) is 0 Å². The van der Waals surface area contributed by atoms with E-state index in [9.17, 15) is 0 Å². The van der Waals surface area contributed by atoms with Crippen molar-refractivity contribution < 1.29 is 0 Å². The number of rotatable bonds is 5. The van der Waals surface area contributed by atoms with Gasteiger partial charge < -0.3 is 15.1 Å². The number of aromatic nitrogens is 3. The number of hydrogen-bond donors (Lipinski definition) is 3. The maximum Gasteiger partial charge on any atom is 0.180 e. The second kappa shape index (κ2) is 4.09. The predicted molar refractivity (Wildman–Crippen MR) is 73.7 cm³/mol. The zero-order valence-electron chi connectivity index (χ0n) is 10.7. The number of hydrazine groups is 1. The van der Waals surface area contributed by atoms with Gasteiger partial charge in [0.1, 0.15) is 0 Å². The summed E-state index contributed by atoms with van der Waals surface area (Å²) >= 11 is 0. The first-order chi connectivity index (χ1) is 9.35. The molecule has 2 aromatic rings. The fourth-order valence-electron chi connectivity index (χ4n) is 2.79. The molecule has 2 aliphatic rings. The summed E-state index contributed by atoms with van der Waals surface area (Å²) in [5.74, 6) is 8.60. The maximum absolute atomic E-state index is 5.48. The number of nitrogen functional groups attached to an aromatic ring is 1. The average molecular weight is 258 g/mol. The minimum absolute atomic E-state index is 0.557. The van der Waals surface area contributed by atoms with E-state index in [1.165, 1.54) is 25.7 Å². The standard InChI is InChI=1S/C13H18N6/c14-18-10-7-19-6-5-15-13(19)12(16-10)17-11(8-1-2-8)9-3-4-9/h5-9,11,18H,1-4,14H2,(H,16,17). The molecule has 6 nitrogen and oxygen atoms in total. The van der Waals surface area contributed by atoms with Crippen molar-refractivity contribution in [1.29, 1.82) is 0 Å². The fourth-order valence-corrected chi connectivity index (χ4v) is 2.79. The smallest absolute Gasteiger partial charge is 0.180 e. The van der Waals surface area contributed by atoms with Gasteiger partial charge in [-0.1, -0.05) is 0 Å². The number of fused-ring (bicyclic) bond motifs is 1. The van der Waals surface area contributed by atoms with Crippen molar-refractivity contribution >= 4 is 17.3 Å². The molecule has 2 saturated carbocycles. The van der Waals surface area contributed by atoms with E-state index in [1.807, 2.05) is 16.8 Å². The minimum Gasteiger partial charge on any atom is -0.364 e. The Kier molecular flexibility index (Phi) is 2.38. The summed E-state index contributed by atoms with van der Waals surface area (Å²) in [6.45, 7) is 0. The average Bonchev–Trinajstić information content (AvgIpc) is 3.33. The second-order valence-corrected chi connectivity index (χ2v) is 5.62. The van der Waals surface area contributed by atoms with E-state index in [4.69, 9.17) is 5.84 Å². The summed E-state index contributed by atoms with van der Waals surface area (Å²) in [4.78, 5) is 8.90. The van der Waals surface area contributed by atoms with Gasteiger partial charge in [-0.15, -0.1) is 0 Å². The van der Waals surface area contributed by atoms with E-state index in [0.29, 0.717) is 11.9 Å². The molecule has 4 rings (SSSR count). The van der Waals surface area contributed by atoms with Gasteiger partial charge in [-0.05, 0) is 37.5 Å². The molecule has 0 saturated heterocycles. The van der Waals surface area contributed by atoms with Crippen LogP contribution in [0.1, 0.15) is 25.7 Å². The van der Waals surface area contributed by atoms with Gasteiger partial charge in [0.25, 0.3) is 0 Å². The van der Waals surface area contributed by atoms with Gasteiger partial charge in [0.15, 0.2) is 17.3 Å². The number of imidazole rings is 1. The van der Waals surface area contributed by atoms with Crippen LogP contribution in [0.15, 0.2) is 18.6 Å². The highest BCUT2D eigenvalue weighted by atomic mass is 15.3. The highest BCUT2D eigenvalue weighted by molar-refractivity contribution is 5.65. The van der Waals surface area contributed by atoms with Crippen LogP contribution in [-0.2, 0) is 0 Å². The topological polar surface area (TPSA) is 80.3 Å². The largest absolute Gasteiger partial charge is 0.364 e. The molecule has 100 valence electrons. The molecule has 2 heterocycles. The first-order valence-corrected chi connectivity index (χ1v) is 6.92. The lowest BCUT2D eigenvalue weighted by atomic mass is 10.1. The lowest BCUT2D eigenvalue weighted by Crippen LogP contribution is -2.25. The molecule has 0 atom stereocenters. The Balaban J connectivity index is 1.70. The van der Waals surface area contributed by atoms with Gasteiger partial charge in [0.05, 0.1) is 6.20 Å². The zero-order valence-corrected chi connectivity index (χ0v) is 10.7. The van der Waals surface area contributed by atoms with Crippen molar-refractivity contribution in [3.63, 3.8) is 0 Å². The van der Waals surface area contributed by atoms with Crippen LogP contribution in [0.25, 0.3) is 5.65 Å². The molecule has 2 aromatic heterocycles. The number of anilines is 2. The number of nitrogens with one attached hydrogen (secondary N) is 2. The molecule has 2 fully saturated rings. The van der Waals surface area contributed by atoms with E-state index in [2.05, 4.69) is 20.7 Å². The molecule has 2 aliphatic carbocycles. The SMILES string of the molecule is NNc1cn2ccnc2c(NC(C2CC2)C2CC2)n1. The number of nitrogens with zero attached hydrogens (tertiary/aromatic N) is 3. The number of hydrogen-bond acceptors (Lipinski definition) is 5. The molecule has 0 radical (unpaired) electrons. The van der Waals surface area contributed by atoms with Crippen molar-refractivity contribution in [2.45, 2.75) is 31.7 Å². The Morgan fingerprint density at radius 3 is 2.63 bits per heavy atom. The maximum atomic E-state index is 5.48. The lowest BCUT2D eigenvalue weighted by Gasteiger charge is -2.19. The minimum atomic E-state index is 0.557. The van der Waals surface area contributed by atoms with Gasteiger partial charge in [-0.3, -0.25) is 0 Å². The molecule has 4 N–H and O–H groups in total. The molecular weight excluding hydrogens is 240 g/mol. The summed E-state index contributed by atoms with van der Waals surface area (Å²) in [6, 6.07) is 0.557. The van der Waals surface area contributed by atoms with Crippen LogP contribution in [0, 0.1) is 11.8 Å². The Hall–Kier alpha value is -1.82. The van der Waals surface area contributed by atoms with Crippen molar-refractivity contribution in [1.82, 2.24) is 14.4 Å². The molecule has 6 heteroatoms.